The fourth-order valence-corrected chi connectivity index (χ4v) is 2.34. The first-order valence-corrected chi connectivity index (χ1v) is 7.14. The standard InChI is InChI=1S/C13H24N4O4/c1-3-9(16-13(20)15-6-8-21-2)12(19)17-7-4-5-10(17)11(14)18/h9-10H,3-8H2,1-2H3,(H2,14,18)(H2,15,16,20)/t9-,10-/m0/s1. The smallest absolute Gasteiger partial charge is 0.315 e. The number of nitrogens with zero attached hydrogens (tertiary/aromatic N) is 1. The van der Waals surface area contributed by atoms with Gasteiger partial charge in [-0.1, -0.05) is 6.92 Å². The predicted molar refractivity (Wildman–Crippen MR) is 76.4 cm³/mol. The normalized spacial score (nSPS) is 19.1. The maximum Gasteiger partial charge on any atom is 0.315 e. The number of primary amides is 1. The summed E-state index contributed by atoms with van der Waals surface area (Å²) < 4.78 is 4.82. The van der Waals surface area contributed by atoms with Gasteiger partial charge in [-0.3, -0.25) is 9.59 Å². The van der Waals surface area contributed by atoms with Gasteiger partial charge in [0.1, 0.15) is 12.1 Å². The van der Waals surface area contributed by atoms with E-state index in [1.165, 1.54) is 12.0 Å². The maximum absolute atomic E-state index is 12.4. The summed E-state index contributed by atoms with van der Waals surface area (Å²) in [6.45, 7) is 3.05. The van der Waals surface area contributed by atoms with Crippen LogP contribution in [-0.4, -0.2) is 61.6 Å². The highest BCUT2D eigenvalue weighted by Crippen LogP contribution is 2.18. The molecule has 0 bridgehead atoms. The van der Waals surface area contributed by atoms with E-state index in [2.05, 4.69) is 10.6 Å². The molecule has 4 N–H and O–H groups in total. The molecule has 120 valence electrons. The summed E-state index contributed by atoms with van der Waals surface area (Å²) in [5, 5.41) is 5.20. The fourth-order valence-electron chi connectivity index (χ4n) is 2.34. The zero-order valence-corrected chi connectivity index (χ0v) is 12.6. The molecule has 1 aliphatic rings. The van der Waals surface area contributed by atoms with Gasteiger partial charge in [-0.15, -0.1) is 0 Å². The molecule has 1 heterocycles. The molecule has 4 amide bonds. The van der Waals surface area contributed by atoms with Crippen molar-refractivity contribution in [3.05, 3.63) is 0 Å². The molecule has 0 aliphatic carbocycles. The van der Waals surface area contributed by atoms with Gasteiger partial charge in [0.2, 0.25) is 11.8 Å². The van der Waals surface area contributed by atoms with Crippen LogP contribution in [0.25, 0.3) is 0 Å². The molecule has 0 aromatic rings. The van der Waals surface area contributed by atoms with E-state index in [-0.39, 0.29) is 5.91 Å². The molecule has 1 fully saturated rings. The van der Waals surface area contributed by atoms with Crippen molar-refractivity contribution in [1.29, 1.82) is 0 Å². The Labute approximate surface area is 124 Å². The lowest BCUT2D eigenvalue weighted by Crippen LogP contribution is -2.54. The highest BCUT2D eigenvalue weighted by atomic mass is 16.5. The second-order valence-corrected chi connectivity index (χ2v) is 4.95. The molecule has 8 nitrogen and oxygen atoms in total. The van der Waals surface area contributed by atoms with Crippen LogP contribution in [0.5, 0.6) is 0 Å². The first-order chi connectivity index (χ1) is 10.0. The van der Waals surface area contributed by atoms with E-state index in [4.69, 9.17) is 10.5 Å². The minimum Gasteiger partial charge on any atom is -0.383 e. The number of nitrogens with two attached hydrogens (primary N) is 1. The number of rotatable bonds is 7. The Morgan fingerprint density at radius 1 is 1.43 bits per heavy atom. The van der Waals surface area contributed by atoms with E-state index in [0.29, 0.717) is 32.5 Å². The largest absolute Gasteiger partial charge is 0.383 e. The molecule has 0 saturated carbocycles. The van der Waals surface area contributed by atoms with Gasteiger partial charge in [-0.05, 0) is 19.3 Å². The second kappa shape index (κ2) is 8.46. The zero-order chi connectivity index (χ0) is 15.8. The zero-order valence-electron chi connectivity index (χ0n) is 12.6. The van der Waals surface area contributed by atoms with Gasteiger partial charge in [-0.25, -0.2) is 4.79 Å². The molecule has 0 unspecified atom stereocenters. The molecule has 0 aromatic carbocycles. The molecular formula is C13H24N4O4. The summed E-state index contributed by atoms with van der Waals surface area (Å²) in [5.74, 6) is -0.763. The molecule has 8 heteroatoms. The van der Waals surface area contributed by atoms with Crippen molar-refractivity contribution in [2.45, 2.75) is 38.3 Å². The quantitative estimate of drug-likeness (QED) is 0.533. The molecular weight excluding hydrogens is 276 g/mol. The minimum absolute atomic E-state index is 0.263. The molecule has 0 aromatic heterocycles. The monoisotopic (exact) mass is 300 g/mol. The third kappa shape index (κ3) is 4.89. The summed E-state index contributed by atoms with van der Waals surface area (Å²) in [7, 11) is 1.54. The number of likely N-dealkylation sites (tertiary alicyclic amines) is 1. The van der Waals surface area contributed by atoms with Crippen LogP contribution in [0.3, 0.4) is 0 Å². The topological polar surface area (TPSA) is 114 Å². The fraction of sp³-hybridized carbons (Fsp3) is 0.769. The number of carbonyl (C=O) groups is 3. The van der Waals surface area contributed by atoms with Gasteiger partial charge in [-0.2, -0.15) is 0 Å². The van der Waals surface area contributed by atoms with Gasteiger partial charge < -0.3 is 26.0 Å². The molecule has 1 saturated heterocycles. The van der Waals surface area contributed by atoms with Crippen molar-refractivity contribution in [2.75, 3.05) is 26.8 Å². The van der Waals surface area contributed by atoms with Crippen LogP contribution >= 0.6 is 0 Å². The van der Waals surface area contributed by atoms with Crippen molar-refractivity contribution in [1.82, 2.24) is 15.5 Å². The first-order valence-electron chi connectivity index (χ1n) is 7.14. The Bertz CT molecular complexity index is 388. The van der Waals surface area contributed by atoms with E-state index in [1.807, 2.05) is 0 Å². The highest BCUT2D eigenvalue weighted by Gasteiger charge is 2.35. The van der Waals surface area contributed by atoms with Crippen molar-refractivity contribution < 1.29 is 19.1 Å². The second-order valence-electron chi connectivity index (χ2n) is 4.95. The third-order valence-electron chi connectivity index (χ3n) is 3.47. The Hall–Kier alpha value is -1.83. The van der Waals surface area contributed by atoms with Crippen LogP contribution in [0, 0.1) is 0 Å². The first kappa shape index (κ1) is 17.2. The number of carbonyl (C=O) groups excluding carboxylic acids is 3. The van der Waals surface area contributed by atoms with Gasteiger partial charge in [0.25, 0.3) is 0 Å². The van der Waals surface area contributed by atoms with E-state index in [0.717, 1.165) is 6.42 Å². The Kier molecular flexibility index (Phi) is 6.93. The lowest BCUT2D eigenvalue weighted by atomic mass is 10.1. The van der Waals surface area contributed by atoms with Crippen LogP contribution in [0.2, 0.25) is 0 Å². The van der Waals surface area contributed by atoms with Crippen LogP contribution in [0.1, 0.15) is 26.2 Å². The van der Waals surface area contributed by atoms with Gasteiger partial charge >= 0.3 is 6.03 Å². The molecule has 1 aliphatic heterocycles. The third-order valence-corrected chi connectivity index (χ3v) is 3.47. The van der Waals surface area contributed by atoms with Crippen LogP contribution < -0.4 is 16.4 Å². The highest BCUT2D eigenvalue weighted by molar-refractivity contribution is 5.91. The SMILES string of the molecule is CC[C@H](NC(=O)NCCOC)C(=O)N1CCC[C@H]1C(N)=O. The molecule has 1 rings (SSSR count). The number of amides is 4. The molecule has 2 atom stereocenters. The van der Waals surface area contributed by atoms with Crippen molar-refractivity contribution in [3.63, 3.8) is 0 Å². The molecule has 21 heavy (non-hydrogen) atoms. The lowest BCUT2D eigenvalue weighted by molar-refractivity contribution is -0.138. The summed E-state index contributed by atoms with van der Waals surface area (Å²) in [6.07, 6.45) is 1.77. The van der Waals surface area contributed by atoms with E-state index >= 15 is 0 Å². The number of ether oxygens (including phenoxy) is 1. The number of hydrogen-bond donors (Lipinski definition) is 3. The van der Waals surface area contributed by atoms with Gasteiger partial charge in [0, 0.05) is 20.2 Å². The summed E-state index contributed by atoms with van der Waals surface area (Å²) in [5.41, 5.74) is 5.30. The van der Waals surface area contributed by atoms with E-state index in [9.17, 15) is 14.4 Å². The number of hydrogen-bond acceptors (Lipinski definition) is 4. The van der Waals surface area contributed by atoms with Crippen LogP contribution in [0.4, 0.5) is 4.79 Å². The van der Waals surface area contributed by atoms with E-state index < -0.39 is 24.0 Å². The number of urea groups is 1. The summed E-state index contributed by atoms with van der Waals surface area (Å²) in [6, 6.07) is -1.65. The molecule has 0 radical (unpaired) electrons. The predicted octanol–water partition coefficient (Wildman–Crippen LogP) is -0.813. The van der Waals surface area contributed by atoms with Crippen molar-refractivity contribution >= 4 is 17.8 Å². The summed E-state index contributed by atoms with van der Waals surface area (Å²) >= 11 is 0. The summed E-state index contributed by atoms with van der Waals surface area (Å²) in [4.78, 5) is 36.9. The van der Waals surface area contributed by atoms with Crippen LogP contribution in [-0.2, 0) is 14.3 Å². The van der Waals surface area contributed by atoms with Gasteiger partial charge in [0.15, 0.2) is 0 Å². The lowest BCUT2D eigenvalue weighted by Gasteiger charge is -2.27. The van der Waals surface area contributed by atoms with Crippen molar-refractivity contribution in [3.8, 4) is 0 Å². The Morgan fingerprint density at radius 3 is 2.71 bits per heavy atom. The maximum atomic E-state index is 12.4. The number of methoxy groups -OCH3 is 1. The molecule has 0 spiro atoms. The Balaban J connectivity index is 2.56. The minimum atomic E-state index is -0.660. The average Bonchev–Trinajstić information content (AvgIpc) is 2.94. The Morgan fingerprint density at radius 2 is 2.14 bits per heavy atom. The van der Waals surface area contributed by atoms with Crippen molar-refractivity contribution in [2.24, 2.45) is 5.73 Å². The van der Waals surface area contributed by atoms with E-state index in [1.54, 1.807) is 6.92 Å². The van der Waals surface area contributed by atoms with Crippen LogP contribution in [0.15, 0.2) is 0 Å². The number of nitrogens with one attached hydrogen (secondary N) is 2. The van der Waals surface area contributed by atoms with Gasteiger partial charge in [0.05, 0.1) is 6.61 Å². The average molecular weight is 300 g/mol.